The molecule has 2 atom stereocenters. The molecule has 0 saturated carbocycles. The fraction of sp³-hybridized carbons (Fsp3) is 0.154. The molecule has 11 heteroatoms. The first kappa shape index (κ1) is 25.2. The molecule has 2 heterocycles. The second-order valence-electron chi connectivity index (χ2n) is 8.39. The Hall–Kier alpha value is -3.44. The summed E-state index contributed by atoms with van der Waals surface area (Å²) in [5.41, 5.74) is 2.54. The fourth-order valence-electron chi connectivity index (χ4n) is 4.03. The van der Waals surface area contributed by atoms with Crippen molar-refractivity contribution < 1.29 is 22.8 Å². The predicted octanol–water partition coefficient (Wildman–Crippen LogP) is 6.04. The van der Waals surface area contributed by atoms with Crippen LogP contribution < -0.4 is 5.32 Å². The number of hydrogen-bond donors (Lipinski definition) is 1. The average molecular weight is 587 g/mol. The third-order valence-electron chi connectivity index (χ3n) is 5.82. The summed E-state index contributed by atoms with van der Waals surface area (Å²) in [5.74, 6) is -3.51. The van der Waals surface area contributed by atoms with Crippen LogP contribution in [0.15, 0.2) is 81.3 Å². The molecule has 0 aliphatic carbocycles. The number of benzene rings is 3. The van der Waals surface area contributed by atoms with E-state index < -0.39 is 28.7 Å². The van der Waals surface area contributed by atoms with Gasteiger partial charge in [0, 0.05) is 29.1 Å². The molecule has 0 aromatic heterocycles. The number of halogens is 4. The molecule has 1 N–H and O–H groups in total. The zero-order valence-corrected chi connectivity index (χ0v) is 21.4. The van der Waals surface area contributed by atoms with E-state index in [9.17, 15) is 22.8 Å². The molecule has 5 rings (SSSR count). The minimum Gasteiger partial charge on any atom is -0.326 e. The van der Waals surface area contributed by atoms with Crippen molar-refractivity contribution in [2.75, 3.05) is 5.32 Å². The maximum absolute atomic E-state index is 13.6. The van der Waals surface area contributed by atoms with Gasteiger partial charge in [0.2, 0.25) is 5.91 Å². The second kappa shape index (κ2) is 10.5. The molecule has 37 heavy (non-hydrogen) atoms. The summed E-state index contributed by atoms with van der Waals surface area (Å²) < 4.78 is 41.1. The molecule has 0 spiro atoms. The Bertz CT molecular complexity index is 1450. The van der Waals surface area contributed by atoms with Crippen molar-refractivity contribution in [1.82, 2.24) is 5.01 Å². The minimum absolute atomic E-state index is 0.0830. The average Bonchev–Trinajstić information content (AvgIpc) is 3.46. The highest BCUT2D eigenvalue weighted by atomic mass is 79.9. The summed E-state index contributed by atoms with van der Waals surface area (Å²) in [5, 5.41) is 8.38. The van der Waals surface area contributed by atoms with Gasteiger partial charge in [0.15, 0.2) is 16.8 Å². The van der Waals surface area contributed by atoms with E-state index in [2.05, 4.69) is 26.2 Å². The summed E-state index contributed by atoms with van der Waals surface area (Å²) in [6.07, 6.45) is 0.282. The zero-order valence-electron chi connectivity index (χ0n) is 19.0. The molecule has 0 fully saturated rings. The van der Waals surface area contributed by atoms with E-state index in [1.807, 2.05) is 24.3 Å². The molecule has 2 amide bonds. The van der Waals surface area contributed by atoms with Crippen LogP contribution in [0.3, 0.4) is 0 Å². The molecular weight excluding hydrogens is 569 g/mol. The van der Waals surface area contributed by atoms with Gasteiger partial charge in [-0.15, -0.1) is 0 Å². The molecule has 3 aromatic rings. The van der Waals surface area contributed by atoms with Gasteiger partial charge in [0.25, 0.3) is 5.91 Å². The Balaban J connectivity index is 1.35. The van der Waals surface area contributed by atoms with E-state index in [1.165, 1.54) is 18.2 Å². The van der Waals surface area contributed by atoms with E-state index in [0.29, 0.717) is 11.6 Å². The molecule has 188 valence electrons. The number of carbonyl (C=O) groups excluding carboxylic acids is 2. The van der Waals surface area contributed by atoms with Crippen molar-refractivity contribution >= 4 is 56.1 Å². The van der Waals surface area contributed by atoms with Gasteiger partial charge in [0.1, 0.15) is 11.1 Å². The van der Waals surface area contributed by atoms with Gasteiger partial charge in [-0.25, -0.2) is 18.2 Å². The van der Waals surface area contributed by atoms with Gasteiger partial charge in [-0.1, -0.05) is 52.0 Å². The second-order valence-corrected chi connectivity index (χ2v) is 10.5. The van der Waals surface area contributed by atoms with Gasteiger partial charge < -0.3 is 5.32 Å². The number of amidine groups is 1. The molecule has 2 aliphatic heterocycles. The summed E-state index contributed by atoms with van der Waals surface area (Å²) in [6, 6.07) is 16.4. The maximum atomic E-state index is 13.6. The summed E-state index contributed by atoms with van der Waals surface area (Å²) in [4.78, 5) is 29.3. The van der Waals surface area contributed by atoms with Crippen LogP contribution in [0.4, 0.5) is 18.9 Å². The standard InChI is InChI=1S/C26H18BrF3N4O2S/c27-16-3-1-2-15(10-16)21-12-22(14-4-6-17(28)7-5-14)34(33-21)26-32-25(36)23(37-26)13-24(35)31-18-8-9-19(29)20(30)11-18/h1-11,22-23H,12-13H2,(H,31,35). The summed E-state index contributed by atoms with van der Waals surface area (Å²) in [6.45, 7) is 0. The number of carbonyl (C=O) groups is 2. The number of nitrogens with one attached hydrogen (secondary N) is 1. The van der Waals surface area contributed by atoms with E-state index >= 15 is 0 Å². The van der Waals surface area contributed by atoms with E-state index in [1.54, 1.807) is 17.1 Å². The molecule has 3 aromatic carbocycles. The topological polar surface area (TPSA) is 74.1 Å². The Morgan fingerprint density at radius 2 is 1.84 bits per heavy atom. The van der Waals surface area contributed by atoms with E-state index in [0.717, 1.165) is 45.2 Å². The van der Waals surface area contributed by atoms with Crippen molar-refractivity contribution in [2.24, 2.45) is 10.1 Å². The molecule has 2 aliphatic rings. The van der Waals surface area contributed by atoms with Crippen LogP contribution >= 0.6 is 27.7 Å². The van der Waals surface area contributed by atoms with Crippen molar-refractivity contribution in [3.8, 4) is 0 Å². The van der Waals surface area contributed by atoms with Crippen molar-refractivity contribution in [2.45, 2.75) is 24.1 Å². The summed E-state index contributed by atoms with van der Waals surface area (Å²) in [7, 11) is 0. The van der Waals surface area contributed by atoms with Crippen molar-refractivity contribution in [3.63, 3.8) is 0 Å². The van der Waals surface area contributed by atoms with Crippen LogP contribution in [0.2, 0.25) is 0 Å². The van der Waals surface area contributed by atoms with E-state index in [4.69, 9.17) is 5.10 Å². The van der Waals surface area contributed by atoms with E-state index in [-0.39, 0.29) is 24.0 Å². The van der Waals surface area contributed by atoms with Crippen LogP contribution in [0, 0.1) is 17.5 Å². The Morgan fingerprint density at radius 3 is 2.57 bits per heavy atom. The van der Waals surface area contributed by atoms with Crippen LogP contribution in [-0.2, 0) is 9.59 Å². The molecule has 0 radical (unpaired) electrons. The lowest BCUT2D eigenvalue weighted by Gasteiger charge is -2.23. The lowest BCUT2D eigenvalue weighted by atomic mass is 9.98. The number of hydrazone groups is 1. The zero-order chi connectivity index (χ0) is 26.1. The highest BCUT2D eigenvalue weighted by Gasteiger charge is 2.39. The third-order valence-corrected chi connectivity index (χ3v) is 7.46. The Kier molecular flexibility index (Phi) is 7.16. The first-order chi connectivity index (χ1) is 17.8. The fourth-order valence-corrected chi connectivity index (χ4v) is 5.49. The molecule has 6 nitrogen and oxygen atoms in total. The highest BCUT2D eigenvalue weighted by molar-refractivity contribution is 9.10. The monoisotopic (exact) mass is 586 g/mol. The van der Waals surface area contributed by atoms with Crippen LogP contribution in [0.1, 0.15) is 30.0 Å². The number of amides is 2. The number of hydrogen-bond acceptors (Lipinski definition) is 5. The number of nitrogens with zero attached hydrogens (tertiary/aromatic N) is 3. The summed E-state index contributed by atoms with van der Waals surface area (Å²) >= 11 is 4.57. The van der Waals surface area contributed by atoms with Crippen LogP contribution in [0.5, 0.6) is 0 Å². The van der Waals surface area contributed by atoms with Gasteiger partial charge in [-0.05, 0) is 47.5 Å². The number of aliphatic imine (C=N–C) groups is 1. The smallest absolute Gasteiger partial charge is 0.262 e. The molecule has 0 bridgehead atoms. The SMILES string of the molecule is O=C(CC1SC(N2N=C(c3cccc(Br)c3)CC2c2ccc(F)cc2)=NC1=O)Nc1ccc(F)c(F)c1. The predicted molar refractivity (Wildman–Crippen MR) is 140 cm³/mol. The van der Waals surface area contributed by atoms with Crippen molar-refractivity contribution in [3.05, 3.63) is 99.8 Å². The normalized spacial score (nSPS) is 19.1. The van der Waals surface area contributed by atoms with Gasteiger partial charge in [0.05, 0.1) is 11.8 Å². The van der Waals surface area contributed by atoms with Gasteiger partial charge >= 0.3 is 0 Å². The van der Waals surface area contributed by atoms with Crippen LogP contribution in [-0.4, -0.2) is 33.0 Å². The first-order valence-electron chi connectivity index (χ1n) is 11.2. The quantitative estimate of drug-likeness (QED) is 0.395. The molecule has 2 unspecified atom stereocenters. The minimum atomic E-state index is -1.09. The van der Waals surface area contributed by atoms with Gasteiger partial charge in [-0.2, -0.15) is 10.1 Å². The van der Waals surface area contributed by atoms with Crippen LogP contribution in [0.25, 0.3) is 0 Å². The highest BCUT2D eigenvalue weighted by Crippen LogP contribution is 2.39. The van der Waals surface area contributed by atoms with Crippen molar-refractivity contribution in [1.29, 1.82) is 0 Å². The Labute approximate surface area is 222 Å². The maximum Gasteiger partial charge on any atom is 0.262 e. The molecule has 0 saturated heterocycles. The molecular formula is C26H18BrF3N4O2S. The first-order valence-corrected chi connectivity index (χ1v) is 12.9. The third kappa shape index (κ3) is 5.62. The largest absolute Gasteiger partial charge is 0.326 e. The number of anilines is 1. The number of thioether (sulfide) groups is 1. The lowest BCUT2D eigenvalue weighted by molar-refractivity contribution is -0.121. The Morgan fingerprint density at radius 1 is 1.05 bits per heavy atom. The number of rotatable bonds is 5. The lowest BCUT2D eigenvalue weighted by Crippen LogP contribution is -2.25. The van der Waals surface area contributed by atoms with Gasteiger partial charge in [-0.3, -0.25) is 9.59 Å².